The van der Waals surface area contributed by atoms with Gasteiger partial charge in [-0.1, -0.05) is 60.0 Å². The molecule has 0 amide bonds. The van der Waals surface area contributed by atoms with E-state index in [4.69, 9.17) is 23.2 Å². The average molecular weight is 297 g/mol. The molecule has 0 heterocycles. The smallest absolute Gasteiger partial charge is 0.247 e. The van der Waals surface area contributed by atoms with Gasteiger partial charge in [-0.15, -0.1) is 0 Å². The fourth-order valence-corrected chi connectivity index (χ4v) is 3.16. The first kappa shape index (κ1) is 14.8. The highest BCUT2D eigenvalue weighted by molar-refractivity contribution is 7.95. The van der Waals surface area contributed by atoms with Crippen molar-refractivity contribution in [1.82, 2.24) is 0 Å². The molecule has 0 aliphatic carbocycles. The third-order valence-corrected chi connectivity index (χ3v) is 6.11. The lowest BCUT2D eigenvalue weighted by molar-refractivity contribution is 0.181. The molecule has 0 unspecified atom stereocenters. The lowest BCUT2D eigenvalue weighted by atomic mass is 10.1. The van der Waals surface area contributed by atoms with Crippen LogP contribution in [0.15, 0.2) is 24.3 Å². The lowest BCUT2D eigenvalue weighted by Crippen LogP contribution is -2.34. The number of sulfone groups is 1. The van der Waals surface area contributed by atoms with Gasteiger partial charge in [-0.25, -0.2) is 8.42 Å². The highest BCUT2D eigenvalue weighted by Crippen LogP contribution is 2.41. The second-order valence-corrected chi connectivity index (χ2v) is 8.07. The van der Waals surface area contributed by atoms with Gasteiger partial charge in [-0.3, -0.25) is 0 Å². The first-order valence-electron chi connectivity index (χ1n) is 5.07. The van der Waals surface area contributed by atoms with Crippen molar-refractivity contribution in [3.05, 3.63) is 35.4 Å². The molecule has 1 aromatic carbocycles. The lowest BCUT2D eigenvalue weighted by Gasteiger charge is -2.25. The van der Waals surface area contributed by atoms with E-state index in [1.54, 1.807) is 18.2 Å². The molecule has 96 valence electrons. The van der Waals surface area contributed by atoms with Crippen molar-refractivity contribution in [2.75, 3.05) is 5.75 Å². The molecule has 0 saturated heterocycles. The van der Waals surface area contributed by atoms with E-state index in [-0.39, 0.29) is 5.75 Å². The Bertz CT molecular complexity index is 497. The van der Waals surface area contributed by atoms with Crippen molar-refractivity contribution in [1.29, 1.82) is 0 Å². The van der Waals surface area contributed by atoms with Crippen LogP contribution >= 0.6 is 23.2 Å². The third kappa shape index (κ3) is 2.94. The normalized spacial score (nSPS) is 14.6. The molecule has 1 N–H and O–H groups in total. The Morgan fingerprint density at radius 2 is 2.00 bits per heavy atom. The van der Waals surface area contributed by atoms with Crippen LogP contribution in [0, 0.1) is 6.92 Å². The Balaban J connectivity index is 3.17. The Morgan fingerprint density at radius 3 is 2.47 bits per heavy atom. The molecule has 6 heteroatoms. The monoisotopic (exact) mass is 296 g/mol. The zero-order valence-electron chi connectivity index (χ0n) is 9.52. The van der Waals surface area contributed by atoms with Gasteiger partial charge in [0.05, 0.1) is 5.75 Å². The molecule has 0 aliphatic heterocycles. The van der Waals surface area contributed by atoms with E-state index in [1.165, 1.54) is 6.92 Å². The summed E-state index contributed by atoms with van der Waals surface area (Å²) in [6.07, 6.45) is -1.48. The maximum atomic E-state index is 11.7. The maximum Gasteiger partial charge on any atom is 0.247 e. The molecule has 1 aromatic rings. The van der Waals surface area contributed by atoms with Crippen molar-refractivity contribution in [3.63, 3.8) is 0 Å². The van der Waals surface area contributed by atoms with Gasteiger partial charge in [0.1, 0.15) is 6.10 Å². The number of aliphatic hydroxyl groups is 1. The number of hydrogen-bond acceptors (Lipinski definition) is 3. The molecule has 0 aliphatic rings. The fraction of sp³-hybridized carbons (Fsp3) is 0.455. The Hall–Kier alpha value is -0.290. The third-order valence-electron chi connectivity index (χ3n) is 2.47. The van der Waals surface area contributed by atoms with Crippen LogP contribution in [0.3, 0.4) is 0 Å². The van der Waals surface area contributed by atoms with Crippen LogP contribution in [-0.4, -0.2) is 22.9 Å². The van der Waals surface area contributed by atoms with Gasteiger partial charge in [0.15, 0.2) is 9.84 Å². The van der Waals surface area contributed by atoms with Gasteiger partial charge >= 0.3 is 0 Å². The van der Waals surface area contributed by atoms with E-state index in [2.05, 4.69) is 0 Å². The van der Waals surface area contributed by atoms with Crippen molar-refractivity contribution >= 4 is 33.0 Å². The van der Waals surface area contributed by atoms with Gasteiger partial charge in [0.2, 0.25) is 3.67 Å². The standard InChI is InChI=1S/C11H14Cl2O3S/c1-3-17(15,16)11(12,13)10(14)9-6-4-5-8(2)7-9/h4-7,10,14H,3H2,1-2H3/t10-/m1/s1. The molecule has 0 spiro atoms. The number of rotatable bonds is 4. The van der Waals surface area contributed by atoms with Crippen molar-refractivity contribution in [2.24, 2.45) is 0 Å². The molecule has 0 fully saturated rings. The molecule has 1 atom stereocenters. The van der Waals surface area contributed by atoms with E-state index in [0.717, 1.165) is 5.56 Å². The number of aryl methyl sites for hydroxylation is 1. The zero-order valence-corrected chi connectivity index (χ0v) is 11.9. The minimum atomic E-state index is -3.78. The number of benzene rings is 1. The summed E-state index contributed by atoms with van der Waals surface area (Å²) in [5, 5.41) is 10.00. The first-order valence-corrected chi connectivity index (χ1v) is 7.48. The molecule has 0 saturated carbocycles. The van der Waals surface area contributed by atoms with Crippen molar-refractivity contribution in [3.8, 4) is 0 Å². The molecular formula is C11H14Cl2O3S. The van der Waals surface area contributed by atoms with Crippen LogP contribution < -0.4 is 0 Å². The predicted octanol–water partition coefficient (Wildman–Crippen LogP) is 2.59. The molecule has 17 heavy (non-hydrogen) atoms. The summed E-state index contributed by atoms with van der Waals surface area (Å²) in [4.78, 5) is 0. The Morgan fingerprint density at radius 1 is 1.41 bits per heavy atom. The van der Waals surface area contributed by atoms with Gasteiger partial charge in [0.25, 0.3) is 0 Å². The summed E-state index contributed by atoms with van der Waals surface area (Å²) in [5.41, 5.74) is 1.27. The van der Waals surface area contributed by atoms with E-state index in [0.29, 0.717) is 5.56 Å². The summed E-state index contributed by atoms with van der Waals surface area (Å²) in [7, 11) is -3.78. The van der Waals surface area contributed by atoms with Crippen LogP contribution in [0.1, 0.15) is 24.2 Å². The molecule has 0 radical (unpaired) electrons. The van der Waals surface area contributed by atoms with E-state index in [9.17, 15) is 13.5 Å². The van der Waals surface area contributed by atoms with Gasteiger partial charge in [-0.05, 0) is 12.5 Å². The number of hydrogen-bond donors (Lipinski definition) is 1. The highest BCUT2D eigenvalue weighted by atomic mass is 35.5. The average Bonchev–Trinajstić information content (AvgIpc) is 2.27. The summed E-state index contributed by atoms with van der Waals surface area (Å²) in [6, 6.07) is 6.77. The number of aliphatic hydroxyl groups excluding tert-OH is 1. The predicted molar refractivity (Wildman–Crippen MR) is 70.0 cm³/mol. The Kier molecular flexibility index (Phi) is 4.47. The van der Waals surface area contributed by atoms with Crippen molar-refractivity contribution in [2.45, 2.75) is 23.6 Å². The SMILES string of the molecule is CCS(=O)(=O)C(Cl)(Cl)[C@H](O)c1cccc(C)c1. The summed E-state index contributed by atoms with van der Waals surface area (Å²) < 4.78 is 21.2. The number of halogens is 2. The second-order valence-electron chi connectivity index (χ2n) is 3.78. The molecule has 0 bridgehead atoms. The zero-order chi connectivity index (χ0) is 13.3. The van der Waals surface area contributed by atoms with Crippen molar-refractivity contribution < 1.29 is 13.5 Å². The van der Waals surface area contributed by atoms with E-state index < -0.39 is 19.6 Å². The van der Waals surface area contributed by atoms with Gasteiger partial charge in [0, 0.05) is 0 Å². The minimum Gasteiger partial charge on any atom is -0.384 e. The van der Waals surface area contributed by atoms with Gasteiger partial charge < -0.3 is 5.11 Å². The topological polar surface area (TPSA) is 54.4 Å². The van der Waals surface area contributed by atoms with Crippen LogP contribution in [0.2, 0.25) is 0 Å². The highest BCUT2D eigenvalue weighted by Gasteiger charge is 2.46. The van der Waals surface area contributed by atoms with Crippen LogP contribution in [-0.2, 0) is 9.84 Å². The van der Waals surface area contributed by atoms with Gasteiger partial charge in [-0.2, -0.15) is 0 Å². The van der Waals surface area contributed by atoms with Crippen LogP contribution in [0.4, 0.5) is 0 Å². The fourth-order valence-electron chi connectivity index (χ4n) is 1.40. The van der Waals surface area contributed by atoms with Crippen LogP contribution in [0.5, 0.6) is 0 Å². The largest absolute Gasteiger partial charge is 0.384 e. The first-order chi connectivity index (χ1) is 7.72. The molecular weight excluding hydrogens is 283 g/mol. The summed E-state index contributed by atoms with van der Waals surface area (Å²) in [5.74, 6) is -0.233. The Labute approximate surface area is 111 Å². The van der Waals surface area contributed by atoms with E-state index >= 15 is 0 Å². The van der Waals surface area contributed by atoms with E-state index in [1.807, 2.05) is 13.0 Å². The summed E-state index contributed by atoms with van der Waals surface area (Å²) in [6.45, 7) is 3.26. The maximum absolute atomic E-state index is 11.7. The minimum absolute atomic E-state index is 0.233. The molecule has 3 nitrogen and oxygen atoms in total. The summed E-state index contributed by atoms with van der Waals surface area (Å²) >= 11 is 11.6. The number of alkyl halides is 2. The molecule has 0 aromatic heterocycles. The quantitative estimate of drug-likeness (QED) is 0.869. The van der Waals surface area contributed by atoms with Crippen LogP contribution in [0.25, 0.3) is 0 Å². The molecule has 1 rings (SSSR count). The second kappa shape index (κ2) is 5.14.